The average Bonchev–Trinajstić information content (AvgIpc) is 3.49. The Morgan fingerprint density at radius 3 is 2.80 bits per heavy atom. The molecule has 0 amide bonds. The molecule has 1 fully saturated rings. The van der Waals surface area contributed by atoms with E-state index in [4.69, 9.17) is 4.74 Å². The van der Waals surface area contributed by atoms with Gasteiger partial charge < -0.3 is 9.64 Å². The Kier molecular flexibility index (Phi) is 5.72. The topological polar surface area (TPSA) is 92.8 Å². The van der Waals surface area contributed by atoms with Crippen LogP contribution in [0.25, 0.3) is 22.3 Å². The summed E-state index contributed by atoms with van der Waals surface area (Å²) in [6.07, 6.45) is -2.11. The zero-order valence-electron chi connectivity index (χ0n) is 18.7. The third kappa shape index (κ3) is 4.47. The lowest BCUT2D eigenvalue weighted by atomic mass is 10.0. The van der Waals surface area contributed by atoms with Gasteiger partial charge in [-0.1, -0.05) is 11.3 Å². The molecule has 8 nitrogen and oxygen atoms in total. The van der Waals surface area contributed by atoms with E-state index in [2.05, 4.69) is 25.2 Å². The van der Waals surface area contributed by atoms with Crippen molar-refractivity contribution in [3.8, 4) is 23.1 Å². The van der Waals surface area contributed by atoms with E-state index in [-0.39, 0.29) is 35.2 Å². The molecule has 0 aliphatic carbocycles. The molecule has 0 radical (unpaired) electrons. The predicted molar refractivity (Wildman–Crippen MR) is 122 cm³/mol. The highest BCUT2D eigenvalue weighted by molar-refractivity contribution is 5.83. The van der Waals surface area contributed by atoms with Crippen LogP contribution < -0.4 is 9.64 Å². The van der Waals surface area contributed by atoms with Gasteiger partial charge in [0.25, 0.3) is 0 Å². The standard InChI is InChI=1S/C24H20F3N7O/c1-33-20-11-18(30-19(12-28)23(20)31-32-33)16-5-6-21(17(10-16)24(25,26)27)35-14-15-7-9-34(13-15)22-4-2-3-8-29-22/h2-6,8,10-11,15H,7,9,13-14H2,1H3/t15-/m0/s1. The average molecular weight is 479 g/mol. The molecule has 11 heteroatoms. The number of alkyl halides is 3. The first-order chi connectivity index (χ1) is 16.8. The third-order valence-electron chi connectivity index (χ3n) is 6.02. The van der Waals surface area contributed by atoms with Crippen LogP contribution in [0.15, 0.2) is 48.7 Å². The molecule has 1 saturated heterocycles. The van der Waals surface area contributed by atoms with Crippen molar-refractivity contribution in [2.75, 3.05) is 24.6 Å². The van der Waals surface area contributed by atoms with E-state index in [0.717, 1.165) is 24.8 Å². The van der Waals surface area contributed by atoms with Crippen LogP contribution in [0.3, 0.4) is 0 Å². The van der Waals surface area contributed by atoms with Crippen molar-refractivity contribution in [2.45, 2.75) is 12.6 Å². The number of aryl methyl sites for hydroxylation is 1. The lowest BCUT2D eigenvalue weighted by Gasteiger charge is -2.19. The normalized spacial score (nSPS) is 16.0. The first-order valence-electron chi connectivity index (χ1n) is 10.9. The van der Waals surface area contributed by atoms with Gasteiger partial charge in [-0.25, -0.2) is 14.6 Å². The molecule has 3 aromatic heterocycles. The van der Waals surface area contributed by atoms with Gasteiger partial charge in [0.15, 0.2) is 5.69 Å². The second kappa shape index (κ2) is 8.87. The molecule has 1 aliphatic rings. The molecule has 0 spiro atoms. The minimum Gasteiger partial charge on any atom is -0.493 e. The van der Waals surface area contributed by atoms with Gasteiger partial charge in [0.1, 0.15) is 23.2 Å². The highest BCUT2D eigenvalue weighted by Gasteiger charge is 2.35. The molecule has 0 bridgehead atoms. The van der Waals surface area contributed by atoms with Gasteiger partial charge in [-0.05, 0) is 42.8 Å². The minimum absolute atomic E-state index is 0.00169. The van der Waals surface area contributed by atoms with Crippen molar-refractivity contribution in [3.63, 3.8) is 0 Å². The Morgan fingerprint density at radius 1 is 1.20 bits per heavy atom. The largest absolute Gasteiger partial charge is 0.493 e. The van der Waals surface area contributed by atoms with Crippen LogP contribution in [0.5, 0.6) is 5.75 Å². The molecular weight excluding hydrogens is 459 g/mol. The Hall–Kier alpha value is -4.20. The maximum Gasteiger partial charge on any atom is 0.419 e. The Balaban J connectivity index is 1.39. The summed E-state index contributed by atoms with van der Waals surface area (Å²) in [6.45, 7) is 1.60. The van der Waals surface area contributed by atoms with E-state index < -0.39 is 11.7 Å². The van der Waals surface area contributed by atoms with Gasteiger partial charge in [0, 0.05) is 37.8 Å². The Morgan fingerprint density at radius 2 is 2.06 bits per heavy atom. The number of hydrogen-bond donors (Lipinski definition) is 0. The minimum atomic E-state index is -4.63. The molecule has 1 aromatic carbocycles. The van der Waals surface area contributed by atoms with E-state index >= 15 is 0 Å². The highest BCUT2D eigenvalue weighted by Crippen LogP contribution is 2.39. The van der Waals surface area contributed by atoms with Crippen LogP contribution in [-0.4, -0.2) is 44.7 Å². The van der Waals surface area contributed by atoms with Crippen molar-refractivity contribution in [2.24, 2.45) is 13.0 Å². The highest BCUT2D eigenvalue weighted by atomic mass is 19.4. The monoisotopic (exact) mass is 479 g/mol. The molecule has 0 unspecified atom stereocenters. The SMILES string of the molecule is Cn1nnc2c(C#N)nc(-c3ccc(OC[C@H]4CCN(c5ccccn5)C4)c(C(F)(F)F)c3)cc21. The van der Waals surface area contributed by atoms with Crippen LogP contribution in [0, 0.1) is 17.2 Å². The molecule has 5 rings (SSSR count). The zero-order valence-corrected chi connectivity index (χ0v) is 18.7. The van der Waals surface area contributed by atoms with E-state index in [1.165, 1.54) is 16.8 Å². The Labute approximate surface area is 198 Å². The number of aromatic nitrogens is 5. The number of rotatable bonds is 5. The number of anilines is 1. The lowest BCUT2D eigenvalue weighted by Crippen LogP contribution is -2.23. The van der Waals surface area contributed by atoms with Crippen molar-refractivity contribution >= 4 is 16.9 Å². The second-order valence-electron chi connectivity index (χ2n) is 8.36. The molecule has 1 aliphatic heterocycles. The number of hydrogen-bond acceptors (Lipinski definition) is 7. The molecule has 0 N–H and O–H groups in total. The summed E-state index contributed by atoms with van der Waals surface area (Å²) in [5, 5.41) is 17.2. The number of halogens is 3. The molecule has 35 heavy (non-hydrogen) atoms. The molecule has 0 saturated carbocycles. The van der Waals surface area contributed by atoms with Crippen LogP contribution in [-0.2, 0) is 13.2 Å². The number of nitriles is 1. The third-order valence-corrected chi connectivity index (χ3v) is 6.02. The van der Waals surface area contributed by atoms with Crippen molar-refractivity contribution in [1.29, 1.82) is 5.26 Å². The molecular formula is C24H20F3N7O. The fourth-order valence-electron chi connectivity index (χ4n) is 4.22. The summed E-state index contributed by atoms with van der Waals surface area (Å²) in [4.78, 5) is 10.6. The quantitative estimate of drug-likeness (QED) is 0.423. The number of pyridine rings is 2. The van der Waals surface area contributed by atoms with E-state index in [1.54, 1.807) is 19.3 Å². The van der Waals surface area contributed by atoms with Gasteiger partial charge >= 0.3 is 6.18 Å². The van der Waals surface area contributed by atoms with Crippen LogP contribution >= 0.6 is 0 Å². The maximum absolute atomic E-state index is 13.9. The van der Waals surface area contributed by atoms with Gasteiger partial charge in [0.05, 0.1) is 23.4 Å². The van der Waals surface area contributed by atoms with Crippen molar-refractivity contribution in [1.82, 2.24) is 25.0 Å². The summed E-state index contributed by atoms with van der Waals surface area (Å²) in [5.41, 5.74) is 0.339. The predicted octanol–water partition coefficient (Wildman–Crippen LogP) is 4.22. The van der Waals surface area contributed by atoms with Gasteiger partial charge in [-0.3, -0.25) is 0 Å². The number of benzene rings is 1. The summed E-state index contributed by atoms with van der Waals surface area (Å²) in [7, 11) is 1.64. The first kappa shape index (κ1) is 22.6. The number of fused-ring (bicyclic) bond motifs is 1. The molecule has 1 atom stereocenters. The smallest absolute Gasteiger partial charge is 0.419 e. The summed E-state index contributed by atoms with van der Waals surface area (Å²) in [5.74, 6) is 0.693. The fourth-order valence-corrected chi connectivity index (χ4v) is 4.22. The fraction of sp³-hybridized carbons (Fsp3) is 0.292. The van der Waals surface area contributed by atoms with Crippen LogP contribution in [0.2, 0.25) is 0 Å². The van der Waals surface area contributed by atoms with Crippen molar-refractivity contribution < 1.29 is 17.9 Å². The summed E-state index contributed by atoms with van der Waals surface area (Å²) >= 11 is 0. The van der Waals surface area contributed by atoms with Crippen molar-refractivity contribution in [3.05, 3.63) is 59.9 Å². The number of nitrogens with zero attached hydrogens (tertiary/aromatic N) is 7. The van der Waals surface area contributed by atoms with Gasteiger partial charge in [-0.15, -0.1) is 5.10 Å². The second-order valence-corrected chi connectivity index (χ2v) is 8.36. The zero-order chi connectivity index (χ0) is 24.6. The van der Waals surface area contributed by atoms with Gasteiger partial charge in [-0.2, -0.15) is 18.4 Å². The number of ether oxygens (including phenoxy) is 1. The van der Waals surface area contributed by atoms with E-state index in [1.807, 2.05) is 24.3 Å². The van der Waals surface area contributed by atoms with Gasteiger partial charge in [0.2, 0.25) is 0 Å². The molecule has 4 aromatic rings. The summed E-state index contributed by atoms with van der Waals surface area (Å²) in [6, 6.07) is 13.0. The van der Waals surface area contributed by atoms with E-state index in [9.17, 15) is 18.4 Å². The lowest BCUT2D eigenvalue weighted by molar-refractivity contribution is -0.139. The Bertz CT molecular complexity index is 1410. The van der Waals surface area contributed by atoms with Crippen LogP contribution in [0.4, 0.5) is 19.0 Å². The molecule has 178 valence electrons. The van der Waals surface area contributed by atoms with Crippen LogP contribution in [0.1, 0.15) is 17.7 Å². The first-order valence-corrected chi connectivity index (χ1v) is 10.9. The summed E-state index contributed by atoms with van der Waals surface area (Å²) < 4.78 is 49.0. The maximum atomic E-state index is 13.9. The van der Waals surface area contributed by atoms with E-state index in [0.29, 0.717) is 17.6 Å². The molecule has 4 heterocycles.